The molecule has 0 fully saturated rings. The summed E-state index contributed by atoms with van der Waals surface area (Å²) in [6.45, 7) is 4.52. The van der Waals surface area contributed by atoms with Crippen molar-refractivity contribution >= 4 is 10.9 Å². The molecule has 2 N–H and O–H groups in total. The van der Waals surface area contributed by atoms with Crippen LogP contribution in [0.1, 0.15) is 36.7 Å². The highest BCUT2D eigenvalue weighted by molar-refractivity contribution is 5.79. The number of nitrogens with zero attached hydrogens (tertiary/aromatic N) is 1. The van der Waals surface area contributed by atoms with Gasteiger partial charge in [-0.25, -0.2) is 0 Å². The van der Waals surface area contributed by atoms with E-state index in [-0.39, 0.29) is 18.2 Å². The van der Waals surface area contributed by atoms with E-state index < -0.39 is 6.10 Å². The van der Waals surface area contributed by atoms with Crippen molar-refractivity contribution in [2.75, 3.05) is 6.61 Å². The van der Waals surface area contributed by atoms with Crippen LogP contribution in [0.15, 0.2) is 77.7 Å². The zero-order valence-corrected chi connectivity index (χ0v) is 17.9. The van der Waals surface area contributed by atoms with E-state index in [0.29, 0.717) is 12.2 Å². The third-order valence-corrected chi connectivity index (χ3v) is 5.77. The molecule has 2 aromatic heterocycles. The molecule has 0 saturated heterocycles. The smallest absolute Gasteiger partial charge is 0.248 e. The number of aryl methyl sites for hydroxylation is 1. The number of aromatic amines is 1. The lowest BCUT2D eigenvalue weighted by atomic mass is 10.1. The number of rotatable bonds is 8. The van der Waals surface area contributed by atoms with E-state index in [1.165, 1.54) is 17.2 Å². The molecule has 0 aliphatic heterocycles. The van der Waals surface area contributed by atoms with Gasteiger partial charge in [0, 0.05) is 35.3 Å². The summed E-state index contributed by atoms with van der Waals surface area (Å²) in [6.07, 6.45) is 2.92. The van der Waals surface area contributed by atoms with Gasteiger partial charge in [0.05, 0.1) is 12.1 Å². The monoisotopic (exact) mass is 416 g/mol. The highest BCUT2D eigenvalue weighted by Gasteiger charge is 2.18. The van der Waals surface area contributed by atoms with Gasteiger partial charge in [-0.05, 0) is 54.8 Å². The summed E-state index contributed by atoms with van der Waals surface area (Å²) < 4.78 is 8.12. The van der Waals surface area contributed by atoms with E-state index in [1.54, 1.807) is 6.07 Å². The summed E-state index contributed by atoms with van der Waals surface area (Å²) in [5.41, 5.74) is 4.27. The average molecular weight is 417 g/mol. The molecular formula is C26H28N2O3. The van der Waals surface area contributed by atoms with E-state index in [9.17, 15) is 9.90 Å². The highest BCUT2D eigenvalue weighted by Crippen LogP contribution is 2.25. The molecule has 31 heavy (non-hydrogen) atoms. The molecule has 0 amide bonds. The number of aliphatic hydroxyl groups excluding tert-OH is 1. The first-order valence-corrected chi connectivity index (χ1v) is 10.7. The van der Waals surface area contributed by atoms with Crippen molar-refractivity contribution in [1.82, 2.24) is 9.55 Å². The van der Waals surface area contributed by atoms with Crippen LogP contribution in [0.2, 0.25) is 0 Å². The van der Waals surface area contributed by atoms with Crippen LogP contribution in [-0.4, -0.2) is 27.4 Å². The summed E-state index contributed by atoms with van der Waals surface area (Å²) in [4.78, 5) is 14.2. The lowest BCUT2D eigenvalue weighted by Crippen LogP contribution is -2.23. The van der Waals surface area contributed by atoms with E-state index in [0.717, 1.165) is 23.0 Å². The summed E-state index contributed by atoms with van der Waals surface area (Å²) in [7, 11) is 0. The van der Waals surface area contributed by atoms with Crippen LogP contribution >= 0.6 is 0 Å². The van der Waals surface area contributed by atoms with Crippen molar-refractivity contribution in [3.63, 3.8) is 0 Å². The normalized spacial score (nSPS) is 13.3. The van der Waals surface area contributed by atoms with Crippen molar-refractivity contribution < 1.29 is 9.84 Å². The molecule has 4 aromatic rings. The molecule has 5 heteroatoms. The highest BCUT2D eigenvalue weighted by atomic mass is 16.5. The summed E-state index contributed by atoms with van der Waals surface area (Å²) in [5, 5.41) is 11.6. The Morgan fingerprint density at radius 1 is 1.06 bits per heavy atom. The summed E-state index contributed by atoms with van der Waals surface area (Å²) >= 11 is 0. The number of aliphatic hydroxyl groups is 1. The van der Waals surface area contributed by atoms with Crippen LogP contribution in [0.4, 0.5) is 0 Å². The van der Waals surface area contributed by atoms with Crippen molar-refractivity contribution in [3.8, 4) is 5.75 Å². The second-order valence-corrected chi connectivity index (χ2v) is 7.88. The van der Waals surface area contributed by atoms with Gasteiger partial charge >= 0.3 is 0 Å². The number of pyridine rings is 1. The predicted molar refractivity (Wildman–Crippen MR) is 124 cm³/mol. The Balaban J connectivity index is 1.47. The summed E-state index contributed by atoms with van der Waals surface area (Å²) in [5.74, 6) is 0.669. The number of aromatic nitrogens is 2. The molecule has 2 atom stereocenters. The zero-order chi connectivity index (χ0) is 21.8. The van der Waals surface area contributed by atoms with Crippen LogP contribution in [-0.2, 0) is 12.8 Å². The molecule has 0 radical (unpaired) electrons. The first kappa shape index (κ1) is 20.9. The van der Waals surface area contributed by atoms with Crippen molar-refractivity contribution in [3.05, 3.63) is 100 Å². The Labute approximate surface area is 181 Å². The number of hydrogen-bond donors (Lipinski definition) is 2. The SMILES string of the molecule is CCc1ccn(C(C)c2ccccc2)c1CC(O)COc1ccc2[nH]c(=O)ccc2c1. The molecule has 0 aliphatic rings. The minimum atomic E-state index is -0.631. The number of ether oxygens (including phenoxy) is 1. The van der Waals surface area contributed by atoms with Crippen LogP contribution in [0.5, 0.6) is 5.75 Å². The van der Waals surface area contributed by atoms with Gasteiger partial charge in [-0.15, -0.1) is 0 Å². The molecule has 0 spiro atoms. The Morgan fingerprint density at radius 3 is 2.65 bits per heavy atom. The third-order valence-electron chi connectivity index (χ3n) is 5.77. The number of fused-ring (bicyclic) bond motifs is 1. The van der Waals surface area contributed by atoms with Crippen LogP contribution < -0.4 is 10.3 Å². The van der Waals surface area contributed by atoms with Crippen LogP contribution in [0, 0.1) is 0 Å². The number of benzene rings is 2. The van der Waals surface area contributed by atoms with Gasteiger partial charge in [-0.3, -0.25) is 4.79 Å². The maximum Gasteiger partial charge on any atom is 0.248 e. The minimum absolute atomic E-state index is 0.129. The van der Waals surface area contributed by atoms with Gasteiger partial charge in [0.25, 0.3) is 0 Å². The molecule has 160 valence electrons. The number of nitrogens with one attached hydrogen (secondary N) is 1. The fourth-order valence-electron chi connectivity index (χ4n) is 4.03. The first-order chi connectivity index (χ1) is 15.0. The predicted octanol–water partition coefficient (Wildman–Crippen LogP) is 4.48. The fraction of sp³-hybridized carbons (Fsp3) is 0.269. The largest absolute Gasteiger partial charge is 0.491 e. The van der Waals surface area contributed by atoms with E-state index in [1.807, 2.05) is 24.3 Å². The average Bonchev–Trinajstić information content (AvgIpc) is 3.20. The fourth-order valence-corrected chi connectivity index (χ4v) is 4.03. The van der Waals surface area contributed by atoms with Gasteiger partial charge in [0.2, 0.25) is 5.56 Å². The number of H-pyrrole nitrogens is 1. The Kier molecular flexibility index (Phi) is 6.23. The van der Waals surface area contributed by atoms with Crippen molar-refractivity contribution in [2.45, 2.75) is 38.8 Å². The number of hydrogen-bond acceptors (Lipinski definition) is 3. The maximum atomic E-state index is 11.4. The van der Waals surface area contributed by atoms with E-state index in [4.69, 9.17) is 4.74 Å². The van der Waals surface area contributed by atoms with E-state index >= 15 is 0 Å². The molecular weight excluding hydrogens is 388 g/mol. The topological polar surface area (TPSA) is 67.2 Å². The molecule has 0 aliphatic carbocycles. The molecule has 0 saturated carbocycles. The standard InChI is InChI=1S/C26H28N2O3/c1-3-19-13-14-28(18(2)20-7-5-4-6-8-20)25(19)16-22(29)17-31-23-10-11-24-21(15-23)9-12-26(30)27-24/h4-15,18,22,29H,3,16-17H2,1-2H3,(H,27,30). The minimum Gasteiger partial charge on any atom is -0.491 e. The second kappa shape index (κ2) is 9.23. The van der Waals surface area contributed by atoms with Crippen molar-refractivity contribution in [1.29, 1.82) is 0 Å². The summed E-state index contributed by atoms with van der Waals surface area (Å²) in [6, 6.07) is 21.5. The van der Waals surface area contributed by atoms with Gasteiger partial charge in [-0.1, -0.05) is 37.3 Å². The van der Waals surface area contributed by atoms with Gasteiger partial charge in [-0.2, -0.15) is 0 Å². The molecule has 0 bridgehead atoms. The maximum absolute atomic E-state index is 11.4. The van der Waals surface area contributed by atoms with E-state index in [2.05, 4.69) is 59.9 Å². The first-order valence-electron chi connectivity index (χ1n) is 10.7. The van der Waals surface area contributed by atoms with Crippen LogP contribution in [0.3, 0.4) is 0 Å². The molecule has 2 unspecified atom stereocenters. The van der Waals surface area contributed by atoms with Crippen LogP contribution in [0.25, 0.3) is 10.9 Å². The van der Waals surface area contributed by atoms with Gasteiger partial charge in [0.15, 0.2) is 0 Å². The Morgan fingerprint density at radius 2 is 1.87 bits per heavy atom. The lowest BCUT2D eigenvalue weighted by molar-refractivity contribution is 0.106. The Hall–Kier alpha value is -3.31. The lowest BCUT2D eigenvalue weighted by Gasteiger charge is -2.21. The van der Waals surface area contributed by atoms with Gasteiger partial charge < -0.3 is 19.4 Å². The Bertz CT molecular complexity index is 1210. The zero-order valence-electron chi connectivity index (χ0n) is 17.9. The molecule has 2 aromatic carbocycles. The second-order valence-electron chi connectivity index (χ2n) is 7.88. The molecule has 4 rings (SSSR count). The van der Waals surface area contributed by atoms with Crippen molar-refractivity contribution in [2.24, 2.45) is 0 Å². The van der Waals surface area contributed by atoms with Gasteiger partial charge in [0.1, 0.15) is 12.4 Å². The third kappa shape index (κ3) is 4.72. The quantitative estimate of drug-likeness (QED) is 0.445. The molecule has 5 nitrogen and oxygen atoms in total. The molecule has 2 heterocycles.